The summed E-state index contributed by atoms with van der Waals surface area (Å²) in [6.07, 6.45) is 8.40. The molecule has 116 valence electrons. The molecule has 1 atom stereocenters. The molecule has 1 unspecified atom stereocenters. The van der Waals surface area contributed by atoms with Crippen molar-refractivity contribution in [3.63, 3.8) is 0 Å². The first kappa shape index (κ1) is 16.0. The van der Waals surface area contributed by atoms with E-state index in [0.717, 1.165) is 5.56 Å². The third-order valence-electron chi connectivity index (χ3n) is 4.04. The topological polar surface area (TPSA) is 52.6 Å². The van der Waals surface area contributed by atoms with Crippen molar-refractivity contribution in [3.8, 4) is 0 Å². The average molecular weight is 300 g/mol. The van der Waals surface area contributed by atoms with Gasteiger partial charge in [-0.15, -0.1) is 0 Å². The van der Waals surface area contributed by atoms with Crippen molar-refractivity contribution in [1.82, 2.24) is 0 Å². The Morgan fingerprint density at radius 3 is 2.23 bits per heavy atom. The van der Waals surface area contributed by atoms with Gasteiger partial charge in [-0.1, -0.05) is 54.6 Å². The maximum atomic E-state index is 12.6. The highest BCUT2D eigenvalue weighted by Crippen LogP contribution is 2.39. The number of hydrogen-bond acceptors (Lipinski definition) is 4. The molecule has 1 aromatic carbocycles. The lowest BCUT2D eigenvalue weighted by Crippen LogP contribution is -2.48. The van der Waals surface area contributed by atoms with Crippen LogP contribution in [-0.4, -0.2) is 26.2 Å². The highest BCUT2D eigenvalue weighted by molar-refractivity contribution is 6.01. The van der Waals surface area contributed by atoms with Crippen LogP contribution in [0, 0.1) is 11.3 Å². The van der Waals surface area contributed by atoms with Crippen molar-refractivity contribution in [2.45, 2.75) is 12.8 Å². The molecule has 2 rings (SSSR count). The minimum Gasteiger partial charge on any atom is -0.468 e. The van der Waals surface area contributed by atoms with Gasteiger partial charge in [0.25, 0.3) is 0 Å². The van der Waals surface area contributed by atoms with Gasteiger partial charge < -0.3 is 9.47 Å². The summed E-state index contributed by atoms with van der Waals surface area (Å²) in [7, 11) is 2.60. The zero-order valence-corrected chi connectivity index (χ0v) is 12.8. The summed E-state index contributed by atoms with van der Waals surface area (Å²) < 4.78 is 9.93. The maximum absolute atomic E-state index is 12.6. The average Bonchev–Trinajstić information content (AvgIpc) is 2.60. The zero-order chi connectivity index (χ0) is 16.0. The molecule has 1 aromatic rings. The predicted octanol–water partition coefficient (Wildman–Crippen LogP) is 2.69. The minimum absolute atomic E-state index is 0.246. The number of carbonyl (C=O) groups excluding carboxylic acids is 2. The van der Waals surface area contributed by atoms with E-state index >= 15 is 0 Å². The summed E-state index contributed by atoms with van der Waals surface area (Å²) >= 11 is 0. The number of hydrogen-bond donors (Lipinski definition) is 0. The molecule has 0 amide bonds. The van der Waals surface area contributed by atoms with Crippen LogP contribution in [-0.2, 0) is 25.5 Å². The third-order valence-corrected chi connectivity index (χ3v) is 4.04. The molecule has 22 heavy (non-hydrogen) atoms. The van der Waals surface area contributed by atoms with Gasteiger partial charge in [-0.3, -0.25) is 9.59 Å². The largest absolute Gasteiger partial charge is 0.468 e. The first-order valence-corrected chi connectivity index (χ1v) is 7.19. The van der Waals surface area contributed by atoms with Gasteiger partial charge in [0.05, 0.1) is 14.2 Å². The van der Waals surface area contributed by atoms with E-state index in [1.807, 2.05) is 54.6 Å². The molecule has 1 aliphatic carbocycles. The van der Waals surface area contributed by atoms with E-state index < -0.39 is 17.4 Å². The van der Waals surface area contributed by atoms with E-state index in [0.29, 0.717) is 6.42 Å². The highest BCUT2D eigenvalue weighted by Gasteiger charge is 2.53. The van der Waals surface area contributed by atoms with Gasteiger partial charge in [-0.05, 0) is 18.4 Å². The molecular weight excluding hydrogens is 280 g/mol. The van der Waals surface area contributed by atoms with Gasteiger partial charge in [0.15, 0.2) is 5.41 Å². The van der Waals surface area contributed by atoms with Crippen LogP contribution in [0.1, 0.15) is 12.0 Å². The number of rotatable bonds is 5. The summed E-state index contributed by atoms with van der Waals surface area (Å²) in [5.41, 5.74) is -0.479. The van der Waals surface area contributed by atoms with Crippen molar-refractivity contribution >= 4 is 11.9 Å². The Hall–Kier alpha value is -2.36. The smallest absolute Gasteiger partial charge is 0.324 e. The summed E-state index contributed by atoms with van der Waals surface area (Å²) in [5.74, 6) is -1.42. The van der Waals surface area contributed by atoms with Crippen LogP contribution in [0.2, 0.25) is 0 Å². The lowest BCUT2D eigenvalue weighted by Gasteiger charge is -2.34. The van der Waals surface area contributed by atoms with Crippen LogP contribution < -0.4 is 0 Å². The number of methoxy groups -OCH3 is 2. The van der Waals surface area contributed by atoms with Crippen molar-refractivity contribution in [3.05, 3.63) is 60.2 Å². The quantitative estimate of drug-likeness (QED) is 0.620. The van der Waals surface area contributed by atoms with Crippen molar-refractivity contribution in [1.29, 1.82) is 0 Å². The van der Waals surface area contributed by atoms with Crippen molar-refractivity contribution < 1.29 is 19.1 Å². The zero-order valence-electron chi connectivity index (χ0n) is 12.8. The molecule has 0 bridgehead atoms. The Balaban J connectivity index is 2.49. The van der Waals surface area contributed by atoms with Crippen LogP contribution in [0.4, 0.5) is 0 Å². The Kier molecular flexibility index (Phi) is 5.15. The van der Waals surface area contributed by atoms with E-state index in [4.69, 9.17) is 9.47 Å². The van der Waals surface area contributed by atoms with E-state index in [2.05, 4.69) is 0 Å². The van der Waals surface area contributed by atoms with Crippen LogP contribution in [0.15, 0.2) is 54.6 Å². The fraction of sp³-hybridized carbons (Fsp3) is 0.333. The molecule has 0 fully saturated rings. The molecule has 0 heterocycles. The molecular formula is C18H20O4. The van der Waals surface area contributed by atoms with Crippen LogP contribution >= 0.6 is 0 Å². The summed E-state index contributed by atoms with van der Waals surface area (Å²) in [6, 6.07) is 9.44. The second-order valence-corrected chi connectivity index (χ2v) is 5.27. The Bertz CT molecular complexity index is 570. The lowest BCUT2D eigenvalue weighted by molar-refractivity contribution is -0.172. The van der Waals surface area contributed by atoms with Gasteiger partial charge in [0, 0.05) is 5.92 Å². The van der Waals surface area contributed by atoms with Gasteiger partial charge in [-0.25, -0.2) is 0 Å². The molecule has 1 aliphatic rings. The molecule has 0 N–H and O–H groups in total. The van der Waals surface area contributed by atoms with E-state index in [1.165, 1.54) is 14.2 Å². The minimum atomic E-state index is -1.37. The Labute approximate surface area is 130 Å². The van der Waals surface area contributed by atoms with E-state index in [1.54, 1.807) is 0 Å². The van der Waals surface area contributed by atoms with E-state index in [9.17, 15) is 9.59 Å². The molecule has 0 spiro atoms. The number of ether oxygens (including phenoxy) is 2. The maximum Gasteiger partial charge on any atom is 0.324 e. The SMILES string of the molecule is COC(=O)C(Cc1ccccc1)(C(=O)OC)C1C=CC=CC1. The second-order valence-electron chi connectivity index (χ2n) is 5.27. The van der Waals surface area contributed by atoms with Crippen molar-refractivity contribution in [2.75, 3.05) is 14.2 Å². The first-order chi connectivity index (χ1) is 10.6. The summed E-state index contributed by atoms with van der Waals surface area (Å²) in [5, 5.41) is 0. The Morgan fingerprint density at radius 1 is 1.09 bits per heavy atom. The van der Waals surface area contributed by atoms with Gasteiger partial charge >= 0.3 is 11.9 Å². The van der Waals surface area contributed by atoms with E-state index in [-0.39, 0.29) is 12.3 Å². The van der Waals surface area contributed by atoms with Crippen LogP contribution in [0.5, 0.6) is 0 Å². The molecule has 0 saturated heterocycles. The Morgan fingerprint density at radius 2 is 1.73 bits per heavy atom. The highest BCUT2D eigenvalue weighted by atomic mass is 16.5. The summed E-state index contributed by atoms with van der Waals surface area (Å²) in [4.78, 5) is 25.1. The normalized spacial score (nSPS) is 17.1. The first-order valence-electron chi connectivity index (χ1n) is 7.19. The van der Waals surface area contributed by atoms with Gasteiger partial charge in [0.2, 0.25) is 0 Å². The number of carbonyl (C=O) groups is 2. The standard InChI is InChI=1S/C18H20O4/c1-21-16(19)18(17(20)22-2,15-11-7-4-8-12-15)13-14-9-5-3-6-10-14/h3-11,15H,12-13H2,1-2H3. The molecule has 0 saturated carbocycles. The van der Waals surface area contributed by atoms with Gasteiger partial charge in [0.1, 0.15) is 0 Å². The third kappa shape index (κ3) is 2.96. The molecule has 0 aromatic heterocycles. The van der Waals surface area contributed by atoms with Crippen LogP contribution in [0.25, 0.3) is 0 Å². The van der Waals surface area contributed by atoms with Crippen LogP contribution in [0.3, 0.4) is 0 Å². The predicted molar refractivity (Wildman–Crippen MR) is 83.0 cm³/mol. The number of allylic oxidation sites excluding steroid dienone is 4. The molecule has 4 nitrogen and oxygen atoms in total. The molecule has 4 heteroatoms. The second kappa shape index (κ2) is 7.07. The molecule has 0 radical (unpaired) electrons. The number of benzene rings is 1. The summed E-state index contributed by atoms with van der Waals surface area (Å²) in [6.45, 7) is 0. The molecule has 0 aliphatic heterocycles. The van der Waals surface area contributed by atoms with Gasteiger partial charge in [-0.2, -0.15) is 0 Å². The lowest BCUT2D eigenvalue weighted by atomic mass is 9.68. The fourth-order valence-electron chi connectivity index (χ4n) is 2.89. The van der Waals surface area contributed by atoms with Crippen molar-refractivity contribution in [2.24, 2.45) is 11.3 Å². The number of esters is 2. The fourth-order valence-corrected chi connectivity index (χ4v) is 2.89. The monoisotopic (exact) mass is 300 g/mol.